The fourth-order valence-corrected chi connectivity index (χ4v) is 1.70. The number of aliphatic hydroxyl groups excluding tert-OH is 2. The Morgan fingerprint density at radius 3 is 1.54 bits per heavy atom. The summed E-state index contributed by atoms with van der Waals surface area (Å²) in [4.78, 5) is 0. The van der Waals surface area contributed by atoms with Gasteiger partial charge >= 0.3 is 0 Å². The van der Waals surface area contributed by atoms with Crippen LogP contribution in [0.5, 0.6) is 0 Å². The second-order valence-corrected chi connectivity index (χ2v) is 3.43. The molecule has 0 aromatic carbocycles. The molecule has 0 rings (SSSR count). The van der Waals surface area contributed by atoms with E-state index in [0.717, 1.165) is 12.8 Å². The fourth-order valence-electron chi connectivity index (χ4n) is 1.70. The number of hydrogen-bond acceptors (Lipinski definition) is 2. The molecule has 0 radical (unpaired) electrons. The van der Waals surface area contributed by atoms with Gasteiger partial charge in [0.25, 0.3) is 0 Å². The maximum atomic E-state index is 8.93. The molecule has 0 aliphatic carbocycles. The van der Waals surface area contributed by atoms with E-state index < -0.39 is 0 Å². The molecule has 0 amide bonds. The monoisotopic (exact) mass is 184 g/mol. The van der Waals surface area contributed by atoms with Crippen molar-refractivity contribution >= 4 is 0 Å². The Hall–Kier alpha value is -0.600. The Bertz CT molecular complexity index is 134. The highest BCUT2D eigenvalue weighted by Crippen LogP contribution is 2.35. The normalized spacial score (nSPS) is 11.2. The molecule has 0 bridgehead atoms. The average molecular weight is 184 g/mol. The lowest BCUT2D eigenvalue weighted by Gasteiger charge is -2.30. The predicted octanol–water partition coefficient (Wildman–Crippen LogP) is 1.89. The minimum Gasteiger partial charge on any atom is -0.396 e. The molecule has 0 unspecified atom stereocenters. The Morgan fingerprint density at radius 2 is 1.31 bits per heavy atom. The molecule has 0 aliphatic rings. The van der Waals surface area contributed by atoms with Crippen LogP contribution in [0, 0.1) is 5.41 Å². The van der Waals surface area contributed by atoms with Crippen LogP contribution >= 0.6 is 0 Å². The molecule has 0 saturated carbocycles. The predicted molar refractivity (Wildman–Crippen MR) is 55.5 cm³/mol. The van der Waals surface area contributed by atoms with E-state index in [4.69, 9.17) is 10.2 Å². The van der Waals surface area contributed by atoms with Gasteiger partial charge in [0.05, 0.1) is 0 Å². The van der Waals surface area contributed by atoms with Crippen molar-refractivity contribution in [1.82, 2.24) is 0 Å². The van der Waals surface area contributed by atoms with E-state index >= 15 is 0 Å². The van der Waals surface area contributed by atoms with Crippen LogP contribution in [0.4, 0.5) is 0 Å². The second kappa shape index (κ2) is 6.87. The van der Waals surface area contributed by atoms with E-state index in [9.17, 15) is 0 Å². The summed E-state index contributed by atoms with van der Waals surface area (Å²) in [6.45, 7) is 7.70. The van der Waals surface area contributed by atoms with Gasteiger partial charge in [0.1, 0.15) is 0 Å². The molecular weight excluding hydrogens is 164 g/mol. The van der Waals surface area contributed by atoms with Crippen molar-refractivity contribution in [2.75, 3.05) is 13.2 Å². The van der Waals surface area contributed by atoms with Crippen LogP contribution in [0.15, 0.2) is 25.3 Å². The van der Waals surface area contributed by atoms with Crippen LogP contribution in [0.1, 0.15) is 25.7 Å². The smallest absolute Gasteiger partial charge is 0.0436 e. The Balaban J connectivity index is 4.35. The van der Waals surface area contributed by atoms with Gasteiger partial charge in [-0.3, -0.25) is 0 Å². The highest BCUT2D eigenvalue weighted by atomic mass is 16.3. The molecule has 76 valence electrons. The Kier molecular flexibility index (Phi) is 6.55. The minimum absolute atomic E-state index is 0.0347. The molecule has 2 N–H and O–H groups in total. The standard InChI is InChI=1S/C11H20O2/c1-3-5-11(6-4-2,7-9-12)8-10-13/h3-4,12-13H,1-2,5-10H2. The van der Waals surface area contributed by atoms with E-state index in [1.165, 1.54) is 0 Å². The maximum Gasteiger partial charge on any atom is 0.0436 e. The molecule has 2 heteroatoms. The summed E-state index contributed by atoms with van der Waals surface area (Å²) in [7, 11) is 0. The fraction of sp³-hybridized carbons (Fsp3) is 0.636. The van der Waals surface area contributed by atoms with Crippen molar-refractivity contribution in [3.63, 3.8) is 0 Å². The highest BCUT2D eigenvalue weighted by molar-refractivity contribution is 4.91. The molecule has 13 heavy (non-hydrogen) atoms. The van der Waals surface area contributed by atoms with E-state index in [1.807, 2.05) is 12.2 Å². The first kappa shape index (κ1) is 12.4. The van der Waals surface area contributed by atoms with Crippen LogP contribution < -0.4 is 0 Å². The van der Waals surface area contributed by atoms with Gasteiger partial charge in [-0.15, -0.1) is 13.2 Å². The third-order valence-corrected chi connectivity index (χ3v) is 2.44. The van der Waals surface area contributed by atoms with Crippen LogP contribution in [-0.4, -0.2) is 23.4 Å². The molecule has 2 nitrogen and oxygen atoms in total. The first-order chi connectivity index (χ1) is 6.24. The number of hydrogen-bond donors (Lipinski definition) is 2. The molecule has 0 saturated heterocycles. The number of allylic oxidation sites excluding steroid dienone is 2. The van der Waals surface area contributed by atoms with Gasteiger partial charge in [0, 0.05) is 13.2 Å². The zero-order valence-corrected chi connectivity index (χ0v) is 8.21. The molecule has 0 heterocycles. The van der Waals surface area contributed by atoms with Gasteiger partial charge in [-0.2, -0.15) is 0 Å². The Labute approximate surface area is 80.6 Å². The first-order valence-electron chi connectivity index (χ1n) is 4.68. The maximum absolute atomic E-state index is 8.93. The molecule has 0 fully saturated rings. The lowest BCUT2D eigenvalue weighted by molar-refractivity contribution is 0.137. The largest absolute Gasteiger partial charge is 0.396 e. The molecule has 0 atom stereocenters. The van der Waals surface area contributed by atoms with Crippen molar-refractivity contribution in [1.29, 1.82) is 0 Å². The summed E-state index contributed by atoms with van der Waals surface area (Å²) in [6, 6.07) is 0. The van der Waals surface area contributed by atoms with Crippen molar-refractivity contribution in [3.05, 3.63) is 25.3 Å². The van der Waals surface area contributed by atoms with Gasteiger partial charge in [-0.05, 0) is 31.1 Å². The van der Waals surface area contributed by atoms with E-state index in [2.05, 4.69) is 13.2 Å². The average Bonchev–Trinajstić information content (AvgIpc) is 2.06. The zero-order chi connectivity index (χ0) is 10.2. The van der Waals surface area contributed by atoms with Gasteiger partial charge < -0.3 is 10.2 Å². The highest BCUT2D eigenvalue weighted by Gasteiger charge is 2.25. The van der Waals surface area contributed by atoms with Gasteiger partial charge in [0.15, 0.2) is 0 Å². The van der Waals surface area contributed by atoms with E-state index in [0.29, 0.717) is 12.8 Å². The van der Waals surface area contributed by atoms with Crippen LogP contribution in [0.3, 0.4) is 0 Å². The summed E-state index contributed by atoms with van der Waals surface area (Å²) in [5, 5.41) is 17.9. The van der Waals surface area contributed by atoms with Crippen molar-refractivity contribution in [2.24, 2.45) is 5.41 Å². The van der Waals surface area contributed by atoms with Gasteiger partial charge in [-0.25, -0.2) is 0 Å². The number of rotatable bonds is 8. The summed E-state index contributed by atoms with van der Waals surface area (Å²) in [5.41, 5.74) is -0.0347. The third kappa shape index (κ3) is 4.25. The summed E-state index contributed by atoms with van der Waals surface area (Å²) in [6.07, 6.45) is 6.72. The first-order valence-corrected chi connectivity index (χ1v) is 4.68. The third-order valence-electron chi connectivity index (χ3n) is 2.44. The summed E-state index contributed by atoms with van der Waals surface area (Å²) in [5.74, 6) is 0. The minimum atomic E-state index is -0.0347. The molecule has 0 aromatic heterocycles. The Morgan fingerprint density at radius 1 is 0.923 bits per heavy atom. The second-order valence-electron chi connectivity index (χ2n) is 3.43. The lowest BCUT2D eigenvalue weighted by atomic mass is 9.76. The van der Waals surface area contributed by atoms with E-state index in [-0.39, 0.29) is 18.6 Å². The molecule has 0 aliphatic heterocycles. The topological polar surface area (TPSA) is 40.5 Å². The SMILES string of the molecule is C=CCC(CC=C)(CCO)CCO. The van der Waals surface area contributed by atoms with Crippen molar-refractivity contribution in [3.8, 4) is 0 Å². The van der Waals surface area contributed by atoms with E-state index in [1.54, 1.807) is 0 Å². The zero-order valence-electron chi connectivity index (χ0n) is 8.21. The lowest BCUT2D eigenvalue weighted by Crippen LogP contribution is -2.22. The molecule has 0 spiro atoms. The van der Waals surface area contributed by atoms with Crippen molar-refractivity contribution in [2.45, 2.75) is 25.7 Å². The van der Waals surface area contributed by atoms with Gasteiger partial charge in [-0.1, -0.05) is 12.2 Å². The number of aliphatic hydroxyl groups is 2. The quantitative estimate of drug-likeness (QED) is 0.565. The van der Waals surface area contributed by atoms with Gasteiger partial charge in [0.2, 0.25) is 0 Å². The summed E-state index contributed by atoms with van der Waals surface area (Å²) >= 11 is 0. The molecular formula is C11H20O2. The van der Waals surface area contributed by atoms with Crippen LogP contribution in [0.25, 0.3) is 0 Å². The van der Waals surface area contributed by atoms with Crippen LogP contribution in [0.2, 0.25) is 0 Å². The summed E-state index contributed by atoms with van der Waals surface area (Å²) < 4.78 is 0. The van der Waals surface area contributed by atoms with Crippen molar-refractivity contribution < 1.29 is 10.2 Å². The van der Waals surface area contributed by atoms with Crippen LogP contribution in [-0.2, 0) is 0 Å². The molecule has 0 aromatic rings.